The van der Waals surface area contributed by atoms with Gasteiger partial charge in [-0.3, -0.25) is 4.90 Å². The summed E-state index contributed by atoms with van der Waals surface area (Å²) in [5.41, 5.74) is 0.475. The number of hydrogen-bond acceptors (Lipinski definition) is 3. The molecule has 0 N–H and O–H groups in total. The Labute approximate surface area is 132 Å². The van der Waals surface area contributed by atoms with Gasteiger partial charge in [0.2, 0.25) is 0 Å². The summed E-state index contributed by atoms with van der Waals surface area (Å²) in [4.78, 5) is 5.29. The predicted octanol–water partition coefficient (Wildman–Crippen LogP) is 3.25. The highest BCUT2D eigenvalue weighted by Gasteiger charge is 2.21. The highest BCUT2D eigenvalue weighted by atomic mass is 16.5. The van der Waals surface area contributed by atoms with Crippen molar-refractivity contribution in [2.45, 2.75) is 52.9 Å². The van der Waals surface area contributed by atoms with Gasteiger partial charge in [-0.15, -0.1) is 0 Å². The van der Waals surface area contributed by atoms with Crippen molar-refractivity contribution in [2.24, 2.45) is 11.3 Å². The summed E-state index contributed by atoms with van der Waals surface area (Å²) in [5.74, 6) is 0.944. The highest BCUT2D eigenvalue weighted by Crippen LogP contribution is 2.24. The van der Waals surface area contributed by atoms with Gasteiger partial charge in [0.1, 0.15) is 0 Å². The fraction of sp³-hybridized carbons (Fsp3) is 1.00. The lowest BCUT2D eigenvalue weighted by Gasteiger charge is -2.35. The molecule has 124 valence electrons. The van der Waals surface area contributed by atoms with Gasteiger partial charge in [-0.1, -0.05) is 20.8 Å². The Morgan fingerprint density at radius 3 is 2.48 bits per heavy atom. The highest BCUT2D eigenvalue weighted by molar-refractivity contribution is 4.75. The van der Waals surface area contributed by atoms with Crippen molar-refractivity contribution in [1.82, 2.24) is 9.80 Å². The minimum atomic E-state index is 0.475. The molecule has 0 bridgehead atoms. The first-order chi connectivity index (χ1) is 10.0. The number of piperidine rings is 1. The Hall–Kier alpha value is -0.120. The number of hydrogen-bond donors (Lipinski definition) is 0. The number of morpholine rings is 1. The van der Waals surface area contributed by atoms with E-state index in [1.807, 2.05) is 0 Å². The molecule has 3 nitrogen and oxygen atoms in total. The Balaban J connectivity index is 1.59. The quantitative estimate of drug-likeness (QED) is 0.748. The summed E-state index contributed by atoms with van der Waals surface area (Å²) in [6.07, 6.45) is 6.98. The molecule has 2 fully saturated rings. The van der Waals surface area contributed by atoms with Gasteiger partial charge in [0.25, 0.3) is 0 Å². The minimum absolute atomic E-state index is 0.475. The number of rotatable bonds is 6. The van der Waals surface area contributed by atoms with Crippen LogP contribution in [0.3, 0.4) is 0 Å². The monoisotopic (exact) mass is 296 g/mol. The summed E-state index contributed by atoms with van der Waals surface area (Å²) in [6, 6.07) is 0. The van der Waals surface area contributed by atoms with Crippen LogP contribution in [-0.4, -0.2) is 62.3 Å². The van der Waals surface area contributed by atoms with E-state index in [2.05, 4.69) is 30.6 Å². The third-order valence-corrected chi connectivity index (χ3v) is 4.97. The second-order valence-corrected chi connectivity index (χ2v) is 8.22. The molecule has 0 aliphatic carbocycles. The third-order valence-electron chi connectivity index (χ3n) is 4.97. The van der Waals surface area contributed by atoms with Crippen molar-refractivity contribution in [1.29, 1.82) is 0 Å². The SMILES string of the molecule is CC(C)(C)CCN1CCCC(CCCN2CCOCC2)C1. The number of ether oxygens (including phenoxy) is 1. The van der Waals surface area contributed by atoms with Crippen LogP contribution in [0.15, 0.2) is 0 Å². The van der Waals surface area contributed by atoms with Gasteiger partial charge in [-0.05, 0) is 63.1 Å². The van der Waals surface area contributed by atoms with Crippen LogP contribution < -0.4 is 0 Å². The molecule has 1 atom stereocenters. The molecule has 0 aromatic rings. The zero-order valence-electron chi connectivity index (χ0n) is 14.6. The van der Waals surface area contributed by atoms with Gasteiger partial charge < -0.3 is 9.64 Å². The minimum Gasteiger partial charge on any atom is -0.379 e. The molecular weight excluding hydrogens is 260 g/mol. The normalized spacial score (nSPS) is 26.1. The molecule has 2 aliphatic heterocycles. The summed E-state index contributed by atoms with van der Waals surface area (Å²) in [7, 11) is 0. The van der Waals surface area contributed by atoms with E-state index in [4.69, 9.17) is 4.74 Å². The zero-order chi connectivity index (χ0) is 15.1. The molecule has 3 heteroatoms. The Bertz CT molecular complexity index is 281. The molecule has 0 amide bonds. The van der Waals surface area contributed by atoms with Crippen molar-refractivity contribution in [3.63, 3.8) is 0 Å². The van der Waals surface area contributed by atoms with Gasteiger partial charge in [0, 0.05) is 19.6 Å². The van der Waals surface area contributed by atoms with Crippen LogP contribution in [0.25, 0.3) is 0 Å². The summed E-state index contributed by atoms with van der Waals surface area (Å²) in [6.45, 7) is 16.5. The van der Waals surface area contributed by atoms with Crippen LogP contribution >= 0.6 is 0 Å². The van der Waals surface area contributed by atoms with Crippen molar-refractivity contribution in [3.8, 4) is 0 Å². The molecule has 2 rings (SSSR count). The van der Waals surface area contributed by atoms with E-state index in [0.717, 1.165) is 32.2 Å². The number of likely N-dealkylation sites (tertiary alicyclic amines) is 1. The van der Waals surface area contributed by atoms with Crippen LogP contribution in [-0.2, 0) is 4.74 Å². The maximum absolute atomic E-state index is 5.42. The van der Waals surface area contributed by atoms with Gasteiger partial charge >= 0.3 is 0 Å². The van der Waals surface area contributed by atoms with Gasteiger partial charge in [-0.25, -0.2) is 0 Å². The molecule has 2 heterocycles. The first-order valence-corrected chi connectivity index (χ1v) is 9.05. The second kappa shape index (κ2) is 8.50. The zero-order valence-corrected chi connectivity index (χ0v) is 14.6. The van der Waals surface area contributed by atoms with E-state index >= 15 is 0 Å². The van der Waals surface area contributed by atoms with E-state index in [-0.39, 0.29) is 0 Å². The smallest absolute Gasteiger partial charge is 0.0594 e. The van der Waals surface area contributed by atoms with Crippen LogP contribution in [0.1, 0.15) is 52.9 Å². The van der Waals surface area contributed by atoms with E-state index in [1.54, 1.807) is 0 Å². The summed E-state index contributed by atoms with van der Waals surface area (Å²) >= 11 is 0. The molecule has 2 saturated heterocycles. The van der Waals surface area contributed by atoms with Crippen molar-refractivity contribution in [2.75, 3.05) is 52.5 Å². The van der Waals surface area contributed by atoms with Crippen molar-refractivity contribution in [3.05, 3.63) is 0 Å². The molecule has 1 unspecified atom stereocenters. The molecule has 0 saturated carbocycles. The Morgan fingerprint density at radius 2 is 1.76 bits per heavy atom. The Kier molecular flexibility index (Phi) is 6.97. The maximum atomic E-state index is 5.42. The van der Waals surface area contributed by atoms with E-state index in [1.165, 1.54) is 58.3 Å². The lowest BCUT2D eigenvalue weighted by molar-refractivity contribution is 0.0359. The topological polar surface area (TPSA) is 15.7 Å². The third kappa shape index (κ3) is 7.12. The molecule has 0 aromatic carbocycles. The molecule has 0 radical (unpaired) electrons. The molecular formula is C18H36N2O. The number of nitrogens with zero attached hydrogens (tertiary/aromatic N) is 2. The second-order valence-electron chi connectivity index (χ2n) is 8.22. The first kappa shape index (κ1) is 17.2. The predicted molar refractivity (Wildman–Crippen MR) is 89.7 cm³/mol. The largest absolute Gasteiger partial charge is 0.379 e. The average Bonchev–Trinajstić information content (AvgIpc) is 2.46. The van der Waals surface area contributed by atoms with Crippen LogP contribution in [0.4, 0.5) is 0 Å². The summed E-state index contributed by atoms with van der Waals surface area (Å²) in [5, 5.41) is 0. The lowest BCUT2D eigenvalue weighted by atomic mass is 9.90. The molecule has 0 spiro atoms. The van der Waals surface area contributed by atoms with Crippen LogP contribution in [0, 0.1) is 11.3 Å². The van der Waals surface area contributed by atoms with E-state index in [9.17, 15) is 0 Å². The average molecular weight is 296 g/mol. The first-order valence-electron chi connectivity index (χ1n) is 9.05. The molecule has 2 aliphatic rings. The van der Waals surface area contributed by atoms with Crippen molar-refractivity contribution >= 4 is 0 Å². The lowest BCUT2D eigenvalue weighted by Crippen LogP contribution is -2.38. The van der Waals surface area contributed by atoms with Crippen LogP contribution in [0.5, 0.6) is 0 Å². The van der Waals surface area contributed by atoms with Gasteiger partial charge in [0.05, 0.1) is 13.2 Å². The van der Waals surface area contributed by atoms with Crippen molar-refractivity contribution < 1.29 is 4.74 Å². The standard InChI is InChI=1S/C18H36N2O/c1-18(2,3)8-11-20-10-5-7-17(16-20)6-4-9-19-12-14-21-15-13-19/h17H,4-16H2,1-3H3. The van der Waals surface area contributed by atoms with Gasteiger partial charge in [-0.2, -0.15) is 0 Å². The Morgan fingerprint density at radius 1 is 1.00 bits per heavy atom. The van der Waals surface area contributed by atoms with Crippen LogP contribution in [0.2, 0.25) is 0 Å². The van der Waals surface area contributed by atoms with E-state index in [0.29, 0.717) is 5.41 Å². The molecule has 0 aromatic heterocycles. The maximum Gasteiger partial charge on any atom is 0.0594 e. The van der Waals surface area contributed by atoms with E-state index < -0.39 is 0 Å². The van der Waals surface area contributed by atoms with Gasteiger partial charge in [0.15, 0.2) is 0 Å². The fourth-order valence-electron chi connectivity index (χ4n) is 3.51. The summed E-state index contributed by atoms with van der Waals surface area (Å²) < 4.78 is 5.42. The molecule has 21 heavy (non-hydrogen) atoms. The fourth-order valence-corrected chi connectivity index (χ4v) is 3.51.